The maximum absolute atomic E-state index is 14.3. The summed E-state index contributed by atoms with van der Waals surface area (Å²) in [5.74, 6) is 0.00520. The van der Waals surface area contributed by atoms with Gasteiger partial charge in [-0.15, -0.1) is 0 Å². The minimum absolute atomic E-state index is 0.0916. The van der Waals surface area contributed by atoms with Crippen LogP contribution in [0.5, 0.6) is 5.75 Å². The zero-order chi connectivity index (χ0) is 25.7. The van der Waals surface area contributed by atoms with Crippen LogP contribution in [0, 0.1) is 29.4 Å². The van der Waals surface area contributed by atoms with Crippen LogP contribution in [0.1, 0.15) is 36.8 Å². The second-order valence-corrected chi connectivity index (χ2v) is 9.99. The van der Waals surface area contributed by atoms with Gasteiger partial charge in [-0.25, -0.2) is 13.6 Å². The van der Waals surface area contributed by atoms with Gasteiger partial charge in [-0.1, -0.05) is 30.3 Å². The van der Waals surface area contributed by atoms with Gasteiger partial charge < -0.3 is 19.3 Å². The minimum Gasteiger partial charge on any atom is -0.493 e. The molecule has 0 spiro atoms. The molecule has 1 saturated carbocycles. The predicted molar refractivity (Wildman–Crippen MR) is 131 cm³/mol. The summed E-state index contributed by atoms with van der Waals surface area (Å²) >= 11 is 0. The van der Waals surface area contributed by atoms with E-state index in [0.717, 1.165) is 43.4 Å². The van der Waals surface area contributed by atoms with E-state index in [9.17, 15) is 18.4 Å². The number of halogens is 2. The van der Waals surface area contributed by atoms with Crippen molar-refractivity contribution in [3.05, 3.63) is 65.2 Å². The first-order chi connectivity index (χ1) is 17.3. The topological polar surface area (TPSA) is 59.1 Å². The number of benzene rings is 2. The van der Waals surface area contributed by atoms with Gasteiger partial charge in [0.05, 0.1) is 13.0 Å². The Morgan fingerprint density at radius 3 is 2.50 bits per heavy atom. The molecule has 0 radical (unpaired) electrons. The number of piperidine rings is 1. The second kappa shape index (κ2) is 11.7. The number of carbonyl (C=O) groups is 2. The van der Waals surface area contributed by atoms with Crippen LogP contribution in [-0.4, -0.2) is 55.6 Å². The maximum Gasteiger partial charge on any atom is 0.410 e. The fraction of sp³-hybridized carbons (Fsp3) is 0.500. The Labute approximate surface area is 211 Å². The molecule has 1 aliphatic heterocycles. The first-order valence-corrected chi connectivity index (χ1v) is 12.6. The molecule has 2 amide bonds. The van der Waals surface area contributed by atoms with Crippen molar-refractivity contribution in [2.45, 2.75) is 38.7 Å². The number of nitrogens with zero attached hydrogens (tertiary/aromatic N) is 2. The largest absolute Gasteiger partial charge is 0.493 e. The Morgan fingerprint density at radius 1 is 1.08 bits per heavy atom. The summed E-state index contributed by atoms with van der Waals surface area (Å²) in [6, 6.07) is 11.6. The molecule has 1 saturated heterocycles. The number of carbonyl (C=O) groups excluding carboxylic acids is 2. The monoisotopic (exact) mass is 500 g/mol. The van der Waals surface area contributed by atoms with E-state index in [1.54, 1.807) is 19.0 Å². The number of likely N-dealkylation sites (tertiary alicyclic amines) is 1. The molecule has 0 unspecified atom stereocenters. The third-order valence-corrected chi connectivity index (χ3v) is 7.28. The van der Waals surface area contributed by atoms with Gasteiger partial charge >= 0.3 is 6.09 Å². The van der Waals surface area contributed by atoms with Gasteiger partial charge in [0, 0.05) is 44.9 Å². The zero-order valence-electron chi connectivity index (χ0n) is 20.9. The summed E-state index contributed by atoms with van der Waals surface area (Å²) in [5.41, 5.74) is 1.06. The molecule has 2 aliphatic rings. The third-order valence-electron chi connectivity index (χ3n) is 7.28. The summed E-state index contributed by atoms with van der Waals surface area (Å²) in [4.78, 5) is 27.6. The molecule has 0 aromatic heterocycles. The fourth-order valence-electron chi connectivity index (χ4n) is 5.01. The highest BCUT2D eigenvalue weighted by Gasteiger charge is 2.43. The Bertz CT molecular complexity index is 1060. The van der Waals surface area contributed by atoms with Crippen LogP contribution >= 0.6 is 0 Å². The quantitative estimate of drug-likeness (QED) is 0.484. The number of amides is 2. The molecule has 4 rings (SSSR count). The van der Waals surface area contributed by atoms with Gasteiger partial charge in [0.25, 0.3) is 0 Å². The van der Waals surface area contributed by atoms with Crippen LogP contribution in [0.25, 0.3) is 0 Å². The lowest BCUT2D eigenvalue weighted by Crippen LogP contribution is -2.39. The minimum atomic E-state index is -0.765. The molecule has 194 valence electrons. The average Bonchev–Trinajstić information content (AvgIpc) is 3.64. The smallest absolute Gasteiger partial charge is 0.410 e. The lowest BCUT2D eigenvalue weighted by Gasteiger charge is -2.31. The van der Waals surface area contributed by atoms with E-state index in [-0.39, 0.29) is 36.3 Å². The zero-order valence-corrected chi connectivity index (χ0v) is 20.9. The lowest BCUT2D eigenvalue weighted by molar-refractivity contribution is -0.128. The highest BCUT2D eigenvalue weighted by molar-refractivity contribution is 5.79. The summed E-state index contributed by atoms with van der Waals surface area (Å²) in [6.45, 7) is 2.02. The molecule has 2 atom stereocenters. The number of likely N-dealkylation sites (N-methyl/N-ethyl adjacent to an activating group) is 1. The maximum atomic E-state index is 14.3. The van der Waals surface area contributed by atoms with E-state index in [1.165, 1.54) is 4.90 Å². The van der Waals surface area contributed by atoms with Crippen LogP contribution in [-0.2, 0) is 22.6 Å². The van der Waals surface area contributed by atoms with Crippen molar-refractivity contribution in [3.8, 4) is 5.75 Å². The summed E-state index contributed by atoms with van der Waals surface area (Å²) in [6.07, 6.45) is 3.37. The van der Waals surface area contributed by atoms with E-state index >= 15 is 0 Å². The van der Waals surface area contributed by atoms with Crippen LogP contribution in [0.2, 0.25) is 0 Å². The third kappa shape index (κ3) is 6.74. The van der Waals surface area contributed by atoms with Crippen molar-refractivity contribution < 1.29 is 27.8 Å². The molecule has 0 bridgehead atoms. The van der Waals surface area contributed by atoms with Crippen molar-refractivity contribution >= 4 is 12.0 Å². The summed E-state index contributed by atoms with van der Waals surface area (Å²) in [5, 5.41) is 0. The highest BCUT2D eigenvalue weighted by atomic mass is 19.1. The molecular weight excluding hydrogens is 466 g/mol. The molecule has 2 aromatic rings. The molecule has 0 N–H and O–H groups in total. The van der Waals surface area contributed by atoms with Crippen LogP contribution in [0.3, 0.4) is 0 Å². The Kier molecular flexibility index (Phi) is 8.44. The number of rotatable bonds is 9. The molecule has 1 aliphatic carbocycles. The van der Waals surface area contributed by atoms with Gasteiger partial charge in [-0.05, 0) is 49.0 Å². The molecule has 8 heteroatoms. The van der Waals surface area contributed by atoms with E-state index in [1.807, 2.05) is 30.3 Å². The van der Waals surface area contributed by atoms with Gasteiger partial charge in [-0.3, -0.25) is 4.79 Å². The van der Waals surface area contributed by atoms with Crippen LogP contribution in [0.15, 0.2) is 42.5 Å². The van der Waals surface area contributed by atoms with Crippen molar-refractivity contribution in [1.82, 2.24) is 9.80 Å². The summed E-state index contributed by atoms with van der Waals surface area (Å²) in [7, 11) is 3.19. The number of hydrogen-bond donors (Lipinski definition) is 0. The van der Waals surface area contributed by atoms with E-state index in [4.69, 9.17) is 9.47 Å². The van der Waals surface area contributed by atoms with Crippen molar-refractivity contribution in [3.63, 3.8) is 0 Å². The Hall–Kier alpha value is -3.16. The fourth-order valence-corrected chi connectivity index (χ4v) is 5.01. The Morgan fingerprint density at radius 2 is 1.81 bits per heavy atom. The highest BCUT2D eigenvalue weighted by Crippen LogP contribution is 2.49. The average molecular weight is 501 g/mol. The van der Waals surface area contributed by atoms with Gasteiger partial charge in [0.15, 0.2) is 0 Å². The van der Waals surface area contributed by atoms with Gasteiger partial charge in [0.1, 0.15) is 24.0 Å². The SMILES string of the molecule is CN(C)C(=O)Cc1c(F)cc(F)cc1OCC[C@H]1C[C@@H]1C1CCN(C(=O)OCc2ccccc2)CC1. The molecule has 2 fully saturated rings. The van der Waals surface area contributed by atoms with Crippen molar-refractivity contribution in [2.75, 3.05) is 33.8 Å². The second-order valence-electron chi connectivity index (χ2n) is 9.99. The standard InChI is InChI=1S/C28H34F2N2O4/c1-31(2)27(33)17-24-25(30)15-22(29)16-26(24)35-13-10-21-14-23(21)20-8-11-32(12-9-20)28(34)36-18-19-6-4-3-5-7-19/h3-7,15-16,20-21,23H,8-14,17-18H2,1-2H3/t21-,23+/m0/s1. The van der Waals surface area contributed by atoms with E-state index in [2.05, 4.69) is 0 Å². The van der Waals surface area contributed by atoms with E-state index in [0.29, 0.717) is 37.5 Å². The van der Waals surface area contributed by atoms with Crippen LogP contribution in [0.4, 0.5) is 13.6 Å². The normalized spacial score (nSPS) is 19.6. The molecule has 2 aromatic carbocycles. The van der Waals surface area contributed by atoms with Crippen molar-refractivity contribution in [1.29, 1.82) is 0 Å². The number of ether oxygens (including phenoxy) is 2. The Balaban J connectivity index is 1.19. The van der Waals surface area contributed by atoms with E-state index < -0.39 is 11.6 Å². The summed E-state index contributed by atoms with van der Waals surface area (Å²) < 4.78 is 39.3. The first kappa shape index (κ1) is 25.9. The first-order valence-electron chi connectivity index (χ1n) is 12.6. The van der Waals surface area contributed by atoms with Gasteiger partial charge in [-0.2, -0.15) is 0 Å². The number of hydrogen-bond acceptors (Lipinski definition) is 4. The molecule has 1 heterocycles. The molecule has 6 nitrogen and oxygen atoms in total. The molecular formula is C28H34F2N2O4. The molecule has 36 heavy (non-hydrogen) atoms. The predicted octanol–water partition coefficient (Wildman–Crippen LogP) is 5.05. The lowest BCUT2D eigenvalue weighted by atomic mass is 9.91. The van der Waals surface area contributed by atoms with Gasteiger partial charge in [0.2, 0.25) is 5.91 Å². The van der Waals surface area contributed by atoms with Crippen molar-refractivity contribution in [2.24, 2.45) is 17.8 Å². The van der Waals surface area contributed by atoms with Crippen LogP contribution < -0.4 is 4.74 Å².